The van der Waals surface area contributed by atoms with Crippen LogP contribution in [-0.2, 0) is 4.79 Å². The molecule has 4 rings (SSSR count). The van der Waals surface area contributed by atoms with Crippen molar-refractivity contribution in [3.8, 4) is 11.5 Å². The van der Waals surface area contributed by atoms with Crippen molar-refractivity contribution in [2.24, 2.45) is 0 Å². The van der Waals surface area contributed by atoms with Crippen molar-refractivity contribution in [2.75, 3.05) is 11.4 Å². The molecule has 120 valence electrons. The zero-order valence-electron chi connectivity index (χ0n) is 12.6. The lowest BCUT2D eigenvalue weighted by Crippen LogP contribution is -2.24. The first-order chi connectivity index (χ1) is 11.7. The molecule has 0 unspecified atom stereocenters. The maximum atomic E-state index is 12.3. The van der Waals surface area contributed by atoms with Crippen LogP contribution < -0.4 is 4.90 Å². The summed E-state index contributed by atoms with van der Waals surface area (Å²) in [6.07, 6.45) is 2.00. The Morgan fingerprint density at radius 1 is 1.21 bits per heavy atom. The zero-order valence-corrected chi connectivity index (χ0v) is 13.3. The van der Waals surface area contributed by atoms with Gasteiger partial charge >= 0.3 is 0 Å². The second-order valence-corrected chi connectivity index (χ2v) is 5.99. The van der Waals surface area contributed by atoms with E-state index in [1.54, 1.807) is 23.2 Å². The first-order valence-corrected chi connectivity index (χ1v) is 7.89. The molecule has 3 heterocycles. The van der Waals surface area contributed by atoms with E-state index in [9.17, 15) is 4.79 Å². The summed E-state index contributed by atoms with van der Waals surface area (Å²) < 4.78 is 5.35. The number of rotatable bonds is 3. The molecule has 1 amide bonds. The summed E-state index contributed by atoms with van der Waals surface area (Å²) in [6, 6.07) is 12.7. The molecule has 2 aromatic heterocycles. The molecule has 1 aliphatic rings. The molecular formula is C17H13ClN4O2. The summed E-state index contributed by atoms with van der Waals surface area (Å²) >= 11 is 6.01. The van der Waals surface area contributed by atoms with E-state index in [2.05, 4.69) is 15.1 Å². The third-order valence-electron chi connectivity index (χ3n) is 3.93. The van der Waals surface area contributed by atoms with E-state index in [-0.39, 0.29) is 11.8 Å². The first kappa shape index (κ1) is 14.8. The molecule has 1 atom stereocenters. The van der Waals surface area contributed by atoms with Gasteiger partial charge < -0.3 is 9.42 Å². The third-order valence-corrected chi connectivity index (χ3v) is 4.16. The van der Waals surface area contributed by atoms with E-state index in [1.165, 1.54) is 0 Å². The highest BCUT2D eigenvalue weighted by Crippen LogP contribution is 2.32. The summed E-state index contributed by atoms with van der Waals surface area (Å²) in [4.78, 5) is 22.6. The van der Waals surface area contributed by atoms with Gasteiger partial charge in [-0.1, -0.05) is 28.9 Å². The Bertz CT molecular complexity index is 881. The number of pyridine rings is 1. The number of carbonyl (C=O) groups is 1. The number of aromatic nitrogens is 3. The van der Waals surface area contributed by atoms with Crippen molar-refractivity contribution in [1.29, 1.82) is 0 Å². The Morgan fingerprint density at radius 3 is 2.92 bits per heavy atom. The van der Waals surface area contributed by atoms with Crippen LogP contribution in [0.2, 0.25) is 5.02 Å². The second-order valence-electron chi connectivity index (χ2n) is 5.56. The maximum absolute atomic E-state index is 12.3. The number of amides is 1. The normalized spacial score (nSPS) is 17.5. The van der Waals surface area contributed by atoms with Crippen LogP contribution in [0.3, 0.4) is 0 Å². The summed E-state index contributed by atoms with van der Waals surface area (Å²) in [6.45, 7) is 0.489. The number of hydrogen-bond acceptors (Lipinski definition) is 5. The average Bonchev–Trinajstić information content (AvgIpc) is 3.22. The van der Waals surface area contributed by atoms with Crippen LogP contribution in [0.1, 0.15) is 18.2 Å². The molecular weight excluding hydrogens is 328 g/mol. The molecule has 0 aliphatic carbocycles. The van der Waals surface area contributed by atoms with Crippen molar-refractivity contribution >= 4 is 23.2 Å². The fraction of sp³-hybridized carbons (Fsp3) is 0.176. The highest BCUT2D eigenvalue weighted by molar-refractivity contribution is 6.30. The predicted molar refractivity (Wildman–Crippen MR) is 88.7 cm³/mol. The number of halogens is 1. The summed E-state index contributed by atoms with van der Waals surface area (Å²) in [5.41, 5.74) is 1.42. The van der Waals surface area contributed by atoms with E-state index >= 15 is 0 Å². The molecule has 0 bridgehead atoms. The van der Waals surface area contributed by atoms with Crippen molar-refractivity contribution in [1.82, 2.24) is 15.1 Å². The minimum Gasteiger partial charge on any atom is -0.339 e. The summed E-state index contributed by atoms with van der Waals surface area (Å²) in [5, 5.41) is 4.56. The fourth-order valence-corrected chi connectivity index (χ4v) is 2.95. The molecule has 3 aromatic rings. The quantitative estimate of drug-likeness (QED) is 0.731. The number of benzene rings is 1. The van der Waals surface area contributed by atoms with Crippen molar-refractivity contribution < 1.29 is 9.32 Å². The van der Waals surface area contributed by atoms with Crippen LogP contribution in [0.15, 0.2) is 53.2 Å². The van der Waals surface area contributed by atoms with Gasteiger partial charge in [0, 0.05) is 29.9 Å². The van der Waals surface area contributed by atoms with Crippen molar-refractivity contribution in [3.05, 3.63) is 59.6 Å². The van der Waals surface area contributed by atoms with Gasteiger partial charge in [-0.15, -0.1) is 0 Å². The molecule has 0 radical (unpaired) electrons. The van der Waals surface area contributed by atoms with Gasteiger partial charge in [-0.3, -0.25) is 9.78 Å². The minimum atomic E-state index is -0.138. The van der Waals surface area contributed by atoms with Crippen LogP contribution in [-0.4, -0.2) is 27.6 Å². The van der Waals surface area contributed by atoms with Gasteiger partial charge in [0.2, 0.25) is 17.6 Å². The smallest absolute Gasteiger partial charge is 0.232 e. The summed E-state index contributed by atoms with van der Waals surface area (Å²) in [7, 11) is 0. The van der Waals surface area contributed by atoms with Crippen LogP contribution in [0, 0.1) is 0 Å². The van der Waals surface area contributed by atoms with E-state index in [0.29, 0.717) is 35.4 Å². The van der Waals surface area contributed by atoms with Crippen molar-refractivity contribution in [2.45, 2.75) is 12.3 Å². The molecule has 1 fully saturated rings. The largest absolute Gasteiger partial charge is 0.339 e. The minimum absolute atomic E-state index is 0.0138. The lowest BCUT2D eigenvalue weighted by Gasteiger charge is -2.16. The summed E-state index contributed by atoms with van der Waals surface area (Å²) in [5.74, 6) is 0.758. The van der Waals surface area contributed by atoms with Gasteiger partial charge in [0.1, 0.15) is 5.69 Å². The lowest BCUT2D eigenvalue weighted by molar-refractivity contribution is -0.117. The van der Waals surface area contributed by atoms with E-state index in [1.807, 2.05) is 30.3 Å². The molecule has 1 aliphatic heterocycles. The monoisotopic (exact) mass is 340 g/mol. The van der Waals surface area contributed by atoms with Crippen LogP contribution in [0.4, 0.5) is 5.69 Å². The number of hydrogen-bond donors (Lipinski definition) is 0. The first-order valence-electron chi connectivity index (χ1n) is 7.51. The Labute approximate surface area is 143 Å². The highest BCUT2D eigenvalue weighted by atomic mass is 35.5. The maximum Gasteiger partial charge on any atom is 0.232 e. The Balaban J connectivity index is 1.56. The standard InChI is InChI=1S/C17H13ClN4O2/c18-12-4-3-5-13(9-12)22-10-11(8-15(22)23)17-20-16(21-24-17)14-6-1-2-7-19-14/h1-7,9,11H,8,10H2/t11-/m1/s1. The van der Waals surface area contributed by atoms with Gasteiger partial charge in [-0.25, -0.2) is 0 Å². The van der Waals surface area contributed by atoms with Crippen LogP contribution in [0.5, 0.6) is 0 Å². The Kier molecular flexibility index (Phi) is 3.74. The second kappa shape index (κ2) is 6.05. The molecule has 1 saturated heterocycles. The lowest BCUT2D eigenvalue weighted by atomic mass is 10.1. The van der Waals surface area contributed by atoms with E-state index in [4.69, 9.17) is 16.1 Å². The van der Waals surface area contributed by atoms with Gasteiger partial charge in [0.05, 0.1) is 5.92 Å². The van der Waals surface area contributed by atoms with Crippen molar-refractivity contribution in [3.63, 3.8) is 0 Å². The highest BCUT2D eigenvalue weighted by Gasteiger charge is 2.35. The predicted octanol–water partition coefficient (Wildman–Crippen LogP) is 3.31. The van der Waals surface area contributed by atoms with Crippen LogP contribution >= 0.6 is 11.6 Å². The number of nitrogens with zero attached hydrogens (tertiary/aromatic N) is 4. The van der Waals surface area contributed by atoms with E-state index < -0.39 is 0 Å². The molecule has 6 nitrogen and oxygen atoms in total. The van der Waals surface area contributed by atoms with Gasteiger partial charge in [0.15, 0.2) is 0 Å². The van der Waals surface area contributed by atoms with Gasteiger partial charge in [-0.2, -0.15) is 4.98 Å². The molecule has 7 heteroatoms. The van der Waals surface area contributed by atoms with Gasteiger partial charge in [0.25, 0.3) is 0 Å². The molecule has 24 heavy (non-hydrogen) atoms. The fourth-order valence-electron chi connectivity index (χ4n) is 2.77. The van der Waals surface area contributed by atoms with E-state index in [0.717, 1.165) is 5.69 Å². The zero-order chi connectivity index (χ0) is 16.5. The molecule has 0 N–H and O–H groups in total. The molecule has 0 saturated carbocycles. The number of anilines is 1. The number of carbonyl (C=O) groups excluding carboxylic acids is 1. The third kappa shape index (κ3) is 2.76. The SMILES string of the molecule is O=C1C[C@@H](c2nc(-c3ccccn3)no2)CN1c1cccc(Cl)c1. The molecule has 1 aromatic carbocycles. The Hall–Kier alpha value is -2.73. The van der Waals surface area contributed by atoms with Gasteiger partial charge in [-0.05, 0) is 30.3 Å². The van der Waals surface area contributed by atoms with Crippen LogP contribution in [0.25, 0.3) is 11.5 Å². The Morgan fingerprint density at radius 2 is 2.12 bits per heavy atom. The molecule has 0 spiro atoms. The topological polar surface area (TPSA) is 72.1 Å². The average molecular weight is 341 g/mol.